The quantitative estimate of drug-likeness (QED) is 0.793. The molecule has 1 aliphatic rings. The maximum atomic E-state index is 14.2. The van der Waals surface area contributed by atoms with E-state index >= 15 is 0 Å². The summed E-state index contributed by atoms with van der Waals surface area (Å²) < 4.78 is 0. The van der Waals surface area contributed by atoms with Crippen LogP contribution in [0.25, 0.3) is 0 Å². The molecule has 0 radical (unpaired) electrons. The SMILES string of the molecule is Cc1cc(N(C)C)cc(C)c1N(Cc1ccccc1)C(=O)C1(N(C)C)CCNCC1. The number of anilines is 2. The third kappa shape index (κ3) is 4.37. The zero-order chi connectivity index (χ0) is 21.9. The average molecular weight is 409 g/mol. The summed E-state index contributed by atoms with van der Waals surface area (Å²) in [5.74, 6) is 0.196. The summed E-state index contributed by atoms with van der Waals surface area (Å²) in [6, 6.07) is 14.7. The zero-order valence-electron chi connectivity index (χ0n) is 19.3. The van der Waals surface area contributed by atoms with Gasteiger partial charge in [0.1, 0.15) is 5.54 Å². The Kier molecular flexibility index (Phi) is 6.84. The maximum Gasteiger partial charge on any atom is 0.247 e. The topological polar surface area (TPSA) is 38.8 Å². The van der Waals surface area contributed by atoms with Crippen molar-refractivity contribution in [1.29, 1.82) is 0 Å². The van der Waals surface area contributed by atoms with E-state index in [4.69, 9.17) is 0 Å². The second kappa shape index (κ2) is 9.19. The van der Waals surface area contributed by atoms with Crippen LogP contribution < -0.4 is 15.1 Å². The molecule has 162 valence electrons. The lowest BCUT2D eigenvalue weighted by Crippen LogP contribution is -2.61. The molecule has 1 heterocycles. The molecule has 1 amide bonds. The second-order valence-electron chi connectivity index (χ2n) is 8.88. The fourth-order valence-electron chi connectivity index (χ4n) is 4.58. The molecule has 0 aromatic heterocycles. The minimum Gasteiger partial charge on any atom is -0.378 e. The molecule has 0 spiro atoms. The van der Waals surface area contributed by atoms with E-state index in [0.29, 0.717) is 6.54 Å². The highest BCUT2D eigenvalue weighted by Crippen LogP contribution is 2.35. The van der Waals surface area contributed by atoms with E-state index in [9.17, 15) is 4.79 Å². The van der Waals surface area contributed by atoms with Crippen LogP contribution in [0.1, 0.15) is 29.5 Å². The number of carbonyl (C=O) groups is 1. The first-order valence-electron chi connectivity index (χ1n) is 10.8. The molecule has 0 atom stereocenters. The van der Waals surface area contributed by atoms with Gasteiger partial charge >= 0.3 is 0 Å². The van der Waals surface area contributed by atoms with Crippen molar-refractivity contribution in [2.75, 3.05) is 51.1 Å². The van der Waals surface area contributed by atoms with Gasteiger partial charge in [-0.2, -0.15) is 0 Å². The Morgan fingerprint density at radius 3 is 2.03 bits per heavy atom. The largest absolute Gasteiger partial charge is 0.378 e. The summed E-state index contributed by atoms with van der Waals surface area (Å²) in [6.07, 6.45) is 1.63. The molecule has 3 rings (SSSR count). The molecule has 0 unspecified atom stereocenters. The molecule has 1 fully saturated rings. The van der Waals surface area contributed by atoms with E-state index in [2.05, 4.69) is 67.3 Å². The van der Waals surface area contributed by atoms with Gasteiger partial charge in [0.05, 0.1) is 12.2 Å². The number of amides is 1. The normalized spacial score (nSPS) is 15.8. The van der Waals surface area contributed by atoms with Gasteiger partial charge in [-0.1, -0.05) is 30.3 Å². The number of hydrogen-bond acceptors (Lipinski definition) is 4. The van der Waals surface area contributed by atoms with Crippen molar-refractivity contribution in [1.82, 2.24) is 10.2 Å². The number of hydrogen-bond donors (Lipinski definition) is 1. The first kappa shape index (κ1) is 22.3. The molecule has 5 heteroatoms. The molecule has 5 nitrogen and oxygen atoms in total. The number of rotatable bonds is 6. The van der Waals surface area contributed by atoms with Crippen LogP contribution in [0.3, 0.4) is 0 Å². The van der Waals surface area contributed by atoms with Gasteiger partial charge in [-0.05, 0) is 82.7 Å². The Labute approximate surface area is 181 Å². The third-order valence-electron chi connectivity index (χ3n) is 6.38. The molecule has 2 aromatic rings. The molecular formula is C25H36N4O. The van der Waals surface area contributed by atoms with E-state index in [0.717, 1.165) is 54.0 Å². The summed E-state index contributed by atoms with van der Waals surface area (Å²) in [5.41, 5.74) is 5.11. The van der Waals surface area contributed by atoms with E-state index in [1.165, 1.54) is 0 Å². The van der Waals surface area contributed by atoms with Crippen molar-refractivity contribution in [3.63, 3.8) is 0 Å². The standard InChI is InChI=1S/C25H36N4O/c1-19-16-22(27(3)4)17-20(2)23(19)29(18-21-10-8-7-9-11-21)24(30)25(28(5)6)12-14-26-15-13-25/h7-11,16-17,26H,12-15,18H2,1-6H3. The smallest absolute Gasteiger partial charge is 0.247 e. The molecular weight excluding hydrogens is 372 g/mol. The molecule has 1 aliphatic heterocycles. The number of carbonyl (C=O) groups excluding carboxylic acids is 1. The fraction of sp³-hybridized carbons (Fsp3) is 0.480. The van der Waals surface area contributed by atoms with Crippen molar-refractivity contribution in [3.05, 3.63) is 59.2 Å². The minimum absolute atomic E-state index is 0.196. The Bertz CT molecular complexity index is 847. The summed E-state index contributed by atoms with van der Waals surface area (Å²) in [4.78, 5) is 20.5. The molecule has 1 saturated heterocycles. The van der Waals surface area contributed by atoms with Crippen LogP contribution in [0.4, 0.5) is 11.4 Å². The van der Waals surface area contributed by atoms with Gasteiger partial charge < -0.3 is 15.1 Å². The molecule has 0 bridgehead atoms. The van der Waals surface area contributed by atoms with Crippen LogP contribution in [0.5, 0.6) is 0 Å². The van der Waals surface area contributed by atoms with Gasteiger partial charge in [0.15, 0.2) is 0 Å². The Balaban J connectivity index is 2.11. The fourth-order valence-corrected chi connectivity index (χ4v) is 4.58. The highest BCUT2D eigenvalue weighted by Gasteiger charge is 2.44. The second-order valence-corrected chi connectivity index (χ2v) is 8.88. The number of likely N-dealkylation sites (N-methyl/N-ethyl adjacent to an activating group) is 1. The Morgan fingerprint density at radius 2 is 1.53 bits per heavy atom. The van der Waals surface area contributed by atoms with Crippen LogP contribution in [0.2, 0.25) is 0 Å². The van der Waals surface area contributed by atoms with Crippen molar-refractivity contribution in [2.45, 2.75) is 38.8 Å². The lowest BCUT2D eigenvalue weighted by Gasteiger charge is -2.45. The van der Waals surface area contributed by atoms with Crippen molar-refractivity contribution >= 4 is 17.3 Å². The summed E-state index contributed by atoms with van der Waals surface area (Å²) in [5, 5.41) is 3.42. The first-order valence-corrected chi connectivity index (χ1v) is 10.8. The van der Waals surface area contributed by atoms with Gasteiger partial charge in [0, 0.05) is 19.8 Å². The average Bonchev–Trinajstić information content (AvgIpc) is 2.73. The van der Waals surface area contributed by atoms with E-state index in [1.54, 1.807) is 0 Å². The van der Waals surface area contributed by atoms with E-state index < -0.39 is 5.54 Å². The van der Waals surface area contributed by atoms with Gasteiger partial charge in [-0.3, -0.25) is 9.69 Å². The van der Waals surface area contributed by atoms with Crippen molar-refractivity contribution in [3.8, 4) is 0 Å². The van der Waals surface area contributed by atoms with Gasteiger partial charge in [-0.25, -0.2) is 0 Å². The number of aryl methyl sites for hydroxylation is 2. The summed E-state index contributed by atoms with van der Waals surface area (Å²) in [7, 11) is 8.19. The Hall–Kier alpha value is -2.37. The van der Waals surface area contributed by atoms with Crippen LogP contribution >= 0.6 is 0 Å². The number of piperidine rings is 1. The lowest BCUT2D eigenvalue weighted by molar-refractivity contribution is -0.131. The monoisotopic (exact) mass is 408 g/mol. The van der Waals surface area contributed by atoms with Crippen molar-refractivity contribution < 1.29 is 4.79 Å². The van der Waals surface area contributed by atoms with Crippen molar-refractivity contribution in [2.24, 2.45) is 0 Å². The number of benzene rings is 2. The van der Waals surface area contributed by atoms with Crippen LogP contribution in [-0.4, -0.2) is 57.6 Å². The van der Waals surface area contributed by atoms with Crippen LogP contribution in [-0.2, 0) is 11.3 Å². The molecule has 30 heavy (non-hydrogen) atoms. The molecule has 0 saturated carbocycles. The summed E-state index contributed by atoms with van der Waals surface area (Å²) in [6.45, 7) is 6.53. The predicted octanol–water partition coefficient (Wildman–Crippen LogP) is 3.59. The molecule has 2 aromatic carbocycles. The maximum absolute atomic E-state index is 14.2. The highest BCUT2D eigenvalue weighted by molar-refractivity contribution is 6.01. The first-order chi connectivity index (χ1) is 14.3. The Morgan fingerprint density at radius 1 is 0.967 bits per heavy atom. The highest BCUT2D eigenvalue weighted by atomic mass is 16.2. The van der Waals surface area contributed by atoms with E-state index in [1.807, 2.05) is 37.2 Å². The lowest BCUT2D eigenvalue weighted by atomic mass is 9.84. The molecule has 1 N–H and O–H groups in total. The van der Waals surface area contributed by atoms with Crippen LogP contribution in [0.15, 0.2) is 42.5 Å². The van der Waals surface area contributed by atoms with Gasteiger partial charge in [0.2, 0.25) is 5.91 Å². The van der Waals surface area contributed by atoms with Gasteiger partial charge in [-0.15, -0.1) is 0 Å². The molecule has 0 aliphatic carbocycles. The minimum atomic E-state index is -0.487. The van der Waals surface area contributed by atoms with Gasteiger partial charge in [0.25, 0.3) is 0 Å². The zero-order valence-corrected chi connectivity index (χ0v) is 19.3. The third-order valence-corrected chi connectivity index (χ3v) is 6.38. The number of nitrogens with zero attached hydrogens (tertiary/aromatic N) is 3. The van der Waals surface area contributed by atoms with E-state index in [-0.39, 0.29) is 5.91 Å². The van der Waals surface area contributed by atoms with Crippen LogP contribution in [0, 0.1) is 13.8 Å². The summed E-state index contributed by atoms with van der Waals surface area (Å²) >= 11 is 0. The predicted molar refractivity (Wildman–Crippen MR) is 126 cm³/mol. The number of nitrogens with one attached hydrogen (secondary N) is 1.